The average molecular weight is 175 g/mol. The van der Waals surface area contributed by atoms with Crippen molar-refractivity contribution in [3.8, 4) is 0 Å². The van der Waals surface area contributed by atoms with Crippen LogP contribution in [0.15, 0.2) is 0 Å². The third-order valence-electron chi connectivity index (χ3n) is 2.52. The summed E-state index contributed by atoms with van der Waals surface area (Å²) >= 11 is 0. The summed E-state index contributed by atoms with van der Waals surface area (Å²) in [6, 6.07) is 0. The number of rotatable bonds is 1. The summed E-state index contributed by atoms with van der Waals surface area (Å²) in [4.78, 5) is 0. The van der Waals surface area contributed by atoms with Crippen molar-refractivity contribution in [1.82, 2.24) is 0 Å². The molecule has 0 aliphatic carbocycles. The molecule has 1 heterocycles. The molecular weight excluding hydrogens is 158 g/mol. The lowest BCUT2D eigenvalue weighted by Crippen LogP contribution is -2.06. The summed E-state index contributed by atoms with van der Waals surface area (Å²) in [5.74, 6) is 2.03. The maximum Gasteiger partial charge on any atom is 0.0441 e. The molecule has 0 aromatic rings. The first-order valence-electron chi connectivity index (χ1n) is 4.38. The van der Waals surface area contributed by atoms with Gasteiger partial charge in [-0.15, -0.1) is 0 Å². The predicted octanol–water partition coefficient (Wildman–Crippen LogP) is 2.24. The van der Waals surface area contributed by atoms with Gasteiger partial charge in [0.05, 0.1) is 0 Å². The third kappa shape index (κ3) is 2.81. The topological polar surface area (TPSA) is 40.9 Å². The van der Waals surface area contributed by atoms with E-state index in [1.807, 2.05) is 0 Å². The molecule has 0 aromatic heterocycles. The van der Waals surface area contributed by atoms with Crippen LogP contribution in [0, 0.1) is 10.7 Å². The molecule has 0 radical (unpaired) electrons. The van der Waals surface area contributed by atoms with Crippen molar-refractivity contribution in [2.75, 3.05) is 11.5 Å². The van der Waals surface area contributed by atoms with E-state index in [0.29, 0.717) is 11.5 Å². The molecule has 1 aliphatic rings. The highest BCUT2D eigenvalue weighted by molar-refractivity contribution is 7.92. The lowest BCUT2D eigenvalue weighted by atomic mass is 9.98. The maximum absolute atomic E-state index is 11.4. The standard InChI is InChI=1S/C8H17NOS/c1-2-8-4-3-6-11(9,10)7-5-8/h8-9H,2-7H2,1H3. The van der Waals surface area contributed by atoms with Crippen LogP contribution in [0.25, 0.3) is 0 Å². The van der Waals surface area contributed by atoms with Gasteiger partial charge in [0.15, 0.2) is 0 Å². The molecule has 0 aromatic carbocycles. The van der Waals surface area contributed by atoms with Crippen molar-refractivity contribution < 1.29 is 4.21 Å². The average Bonchev–Trinajstić information content (AvgIpc) is 2.10. The Morgan fingerprint density at radius 1 is 1.45 bits per heavy atom. The van der Waals surface area contributed by atoms with Gasteiger partial charge in [0.2, 0.25) is 0 Å². The van der Waals surface area contributed by atoms with E-state index in [4.69, 9.17) is 4.78 Å². The minimum absolute atomic E-state index is 0.642. The Morgan fingerprint density at radius 2 is 2.18 bits per heavy atom. The van der Waals surface area contributed by atoms with E-state index in [1.54, 1.807) is 0 Å². The molecule has 0 spiro atoms. The minimum atomic E-state index is -2.16. The van der Waals surface area contributed by atoms with Gasteiger partial charge in [-0.2, -0.15) is 0 Å². The summed E-state index contributed by atoms with van der Waals surface area (Å²) < 4.78 is 18.8. The van der Waals surface area contributed by atoms with Crippen LogP contribution in [-0.4, -0.2) is 15.7 Å². The van der Waals surface area contributed by atoms with E-state index >= 15 is 0 Å². The molecule has 0 bridgehead atoms. The monoisotopic (exact) mass is 175 g/mol. The summed E-state index contributed by atoms with van der Waals surface area (Å²) in [5.41, 5.74) is 0. The molecule has 3 heteroatoms. The van der Waals surface area contributed by atoms with E-state index in [0.717, 1.165) is 18.8 Å². The first kappa shape index (κ1) is 9.04. The minimum Gasteiger partial charge on any atom is -0.253 e. The molecule has 66 valence electrons. The molecule has 11 heavy (non-hydrogen) atoms. The highest BCUT2D eigenvalue weighted by atomic mass is 32.2. The Balaban J connectivity index is 2.53. The molecule has 1 saturated heterocycles. The van der Waals surface area contributed by atoms with E-state index in [9.17, 15) is 4.21 Å². The van der Waals surface area contributed by atoms with Crippen molar-refractivity contribution in [2.45, 2.75) is 32.6 Å². The van der Waals surface area contributed by atoms with Crippen LogP contribution in [0.1, 0.15) is 32.6 Å². The van der Waals surface area contributed by atoms with Crippen LogP contribution in [0.2, 0.25) is 0 Å². The summed E-state index contributed by atoms with van der Waals surface area (Å²) in [6.07, 6.45) is 4.39. The molecule has 0 amide bonds. The number of hydrogen-bond acceptors (Lipinski definition) is 2. The quantitative estimate of drug-likeness (QED) is 0.652. The number of nitrogens with one attached hydrogen (secondary N) is 1. The van der Waals surface area contributed by atoms with Gasteiger partial charge < -0.3 is 0 Å². The van der Waals surface area contributed by atoms with Crippen molar-refractivity contribution in [3.05, 3.63) is 0 Å². The van der Waals surface area contributed by atoms with E-state index in [-0.39, 0.29) is 0 Å². The first-order chi connectivity index (χ1) is 5.14. The van der Waals surface area contributed by atoms with E-state index in [2.05, 4.69) is 6.92 Å². The first-order valence-corrected chi connectivity index (χ1v) is 6.28. The SMILES string of the molecule is CCC1CCCS(=N)(=O)CC1. The van der Waals surface area contributed by atoms with Crippen LogP contribution in [0.5, 0.6) is 0 Å². The van der Waals surface area contributed by atoms with Gasteiger partial charge >= 0.3 is 0 Å². The molecule has 0 saturated carbocycles. The predicted molar refractivity (Wildman–Crippen MR) is 48.2 cm³/mol. The molecule has 2 atom stereocenters. The molecule has 1 aliphatic heterocycles. The van der Waals surface area contributed by atoms with E-state index in [1.165, 1.54) is 12.8 Å². The lowest BCUT2D eigenvalue weighted by Gasteiger charge is -2.08. The molecule has 1 fully saturated rings. The molecule has 1 N–H and O–H groups in total. The maximum atomic E-state index is 11.4. The van der Waals surface area contributed by atoms with Gasteiger partial charge in [-0.05, 0) is 25.2 Å². The van der Waals surface area contributed by atoms with Crippen molar-refractivity contribution in [3.63, 3.8) is 0 Å². The zero-order valence-electron chi connectivity index (χ0n) is 7.14. The van der Waals surface area contributed by atoms with Crippen molar-refractivity contribution >= 4 is 9.73 Å². The van der Waals surface area contributed by atoms with Gasteiger partial charge in [-0.3, -0.25) is 4.78 Å². The Morgan fingerprint density at radius 3 is 2.82 bits per heavy atom. The van der Waals surface area contributed by atoms with Gasteiger partial charge in [0, 0.05) is 21.2 Å². The zero-order valence-corrected chi connectivity index (χ0v) is 7.95. The second-order valence-corrected chi connectivity index (χ2v) is 5.87. The van der Waals surface area contributed by atoms with Crippen LogP contribution < -0.4 is 0 Å². The molecule has 2 nitrogen and oxygen atoms in total. The Kier molecular flexibility index (Phi) is 2.93. The van der Waals surface area contributed by atoms with Gasteiger partial charge in [-0.1, -0.05) is 13.3 Å². The second-order valence-electron chi connectivity index (χ2n) is 3.43. The third-order valence-corrected chi connectivity index (χ3v) is 4.36. The van der Waals surface area contributed by atoms with Crippen LogP contribution in [-0.2, 0) is 9.73 Å². The Bertz CT molecular complexity index is 208. The van der Waals surface area contributed by atoms with Crippen molar-refractivity contribution in [2.24, 2.45) is 5.92 Å². The summed E-state index contributed by atoms with van der Waals surface area (Å²) in [7, 11) is -2.16. The summed E-state index contributed by atoms with van der Waals surface area (Å²) in [5, 5.41) is 0. The summed E-state index contributed by atoms with van der Waals surface area (Å²) in [6.45, 7) is 2.18. The van der Waals surface area contributed by atoms with Crippen LogP contribution in [0.4, 0.5) is 0 Å². The largest absolute Gasteiger partial charge is 0.253 e. The van der Waals surface area contributed by atoms with Crippen LogP contribution >= 0.6 is 0 Å². The van der Waals surface area contributed by atoms with Gasteiger partial charge in [0.25, 0.3) is 0 Å². The smallest absolute Gasteiger partial charge is 0.0441 e. The Hall–Kier alpha value is -0.0500. The zero-order chi connectivity index (χ0) is 8.32. The normalized spacial score (nSPS) is 39.9. The lowest BCUT2D eigenvalue weighted by molar-refractivity contribution is 0.462. The number of hydrogen-bond donors (Lipinski definition) is 1. The second kappa shape index (κ2) is 3.57. The van der Waals surface area contributed by atoms with Gasteiger partial charge in [0.1, 0.15) is 0 Å². The van der Waals surface area contributed by atoms with Crippen LogP contribution in [0.3, 0.4) is 0 Å². The fourth-order valence-corrected chi connectivity index (χ4v) is 3.17. The fraction of sp³-hybridized carbons (Fsp3) is 1.00. The Labute approximate surface area is 69.4 Å². The molecule has 2 unspecified atom stereocenters. The highest BCUT2D eigenvalue weighted by Gasteiger charge is 2.16. The van der Waals surface area contributed by atoms with Gasteiger partial charge in [-0.25, -0.2) is 4.21 Å². The van der Waals surface area contributed by atoms with E-state index < -0.39 is 9.73 Å². The molecule has 1 rings (SSSR count). The highest BCUT2D eigenvalue weighted by Crippen LogP contribution is 2.21. The fourth-order valence-electron chi connectivity index (χ4n) is 1.62. The van der Waals surface area contributed by atoms with Crippen molar-refractivity contribution in [1.29, 1.82) is 4.78 Å². The molecular formula is C8H17NOS.